The molecule has 18 heteroatoms. The molecule has 0 spiro atoms. The van der Waals surface area contributed by atoms with E-state index in [1.165, 1.54) is 18.3 Å². The molecule has 6 N–H and O–H groups in total. The number of sulfonamides is 1. The number of carbonyl (C=O) groups is 6. The van der Waals surface area contributed by atoms with E-state index < -0.39 is 76.2 Å². The van der Waals surface area contributed by atoms with Gasteiger partial charge in [0.15, 0.2) is 0 Å². The van der Waals surface area contributed by atoms with E-state index in [1.807, 2.05) is 27.7 Å². The van der Waals surface area contributed by atoms with Gasteiger partial charge in [0.2, 0.25) is 33.5 Å². The molecule has 0 saturated heterocycles. The van der Waals surface area contributed by atoms with Crippen LogP contribution in [0, 0.1) is 17.8 Å². The fraction of sp³-hybridized carbons (Fsp3) is 0.634. The molecular weight excluding hydrogens is 781 g/mol. The number of aryl methyl sites for hydroxylation is 1. The van der Waals surface area contributed by atoms with E-state index in [4.69, 9.17) is 4.74 Å². The Morgan fingerprint density at radius 2 is 1.49 bits per heavy atom. The molecule has 5 amide bonds. The average Bonchev–Trinajstić information content (AvgIpc) is 3.61. The molecular formula is C41H64N8O9S. The van der Waals surface area contributed by atoms with Crippen LogP contribution in [0.2, 0.25) is 0 Å². The minimum Gasteiger partial charge on any atom is -0.449 e. The van der Waals surface area contributed by atoms with Crippen molar-refractivity contribution in [1.82, 2.24) is 40.9 Å². The summed E-state index contributed by atoms with van der Waals surface area (Å²) in [5, 5.41) is 13.3. The van der Waals surface area contributed by atoms with Crippen LogP contribution in [0.15, 0.2) is 41.6 Å². The maximum absolute atomic E-state index is 13.8. The molecule has 1 heterocycles. The summed E-state index contributed by atoms with van der Waals surface area (Å²) >= 11 is 0. The van der Waals surface area contributed by atoms with Gasteiger partial charge in [-0.25, -0.2) is 22.9 Å². The van der Waals surface area contributed by atoms with Gasteiger partial charge in [-0.2, -0.15) is 0 Å². The quantitative estimate of drug-likeness (QED) is 0.0948. The van der Waals surface area contributed by atoms with Gasteiger partial charge in [-0.05, 0) is 75.0 Å². The predicted octanol–water partition coefficient (Wildman–Crippen LogP) is 3.14. The Bertz CT molecular complexity index is 1840. The zero-order valence-electron chi connectivity index (χ0n) is 35.6. The number of benzene rings is 1. The number of rotatable bonds is 22. The Balaban J connectivity index is 1.70. The number of ether oxygens (including phenoxy) is 1. The van der Waals surface area contributed by atoms with Crippen LogP contribution in [0.25, 0.3) is 0 Å². The molecule has 0 aliphatic heterocycles. The standard InChI is InChI=1S/C41H64N8O9S/c1-9-13-31(44-38(52)32(22-25(2)3)45-39(53)35(28-14-11-10-12-15-28)47-41(55)58-24-26(4)5)36(51)40(54)43-23-33(50)46-34(37-42-20-21-49(37)8)29-16-18-30(19-17-29)59(56,57)48-27(6)7/h16-21,25-28,31-32,34-35,48H,9-15,22-24H2,1-8H3,(H,43,54)(H,44,52)(H,45,53)(H,46,50)(H,47,55)/t31?,32-,34?,35-/m0/s1. The van der Waals surface area contributed by atoms with Gasteiger partial charge in [0.05, 0.1) is 24.1 Å². The summed E-state index contributed by atoms with van der Waals surface area (Å²) in [7, 11) is -2.04. The normalized spacial score (nSPS) is 15.5. The summed E-state index contributed by atoms with van der Waals surface area (Å²) in [6.07, 6.45) is 7.55. The monoisotopic (exact) mass is 844 g/mol. The van der Waals surface area contributed by atoms with E-state index in [0.717, 1.165) is 32.1 Å². The lowest BCUT2D eigenvalue weighted by molar-refractivity contribution is -0.141. The first-order valence-electron chi connectivity index (χ1n) is 20.6. The molecule has 2 aromatic rings. The molecule has 4 atom stereocenters. The van der Waals surface area contributed by atoms with Crippen LogP contribution in [-0.4, -0.2) is 90.8 Å². The minimum absolute atomic E-state index is 0.0389. The number of carbonyl (C=O) groups excluding carboxylic acids is 6. The first kappa shape index (κ1) is 48.5. The van der Waals surface area contributed by atoms with Gasteiger partial charge in [0.1, 0.15) is 23.9 Å². The maximum Gasteiger partial charge on any atom is 0.407 e. The molecule has 1 aliphatic rings. The first-order valence-corrected chi connectivity index (χ1v) is 22.1. The van der Waals surface area contributed by atoms with Crippen LogP contribution in [0.5, 0.6) is 0 Å². The van der Waals surface area contributed by atoms with Gasteiger partial charge in [-0.15, -0.1) is 0 Å². The van der Waals surface area contributed by atoms with Crippen molar-refractivity contribution in [2.24, 2.45) is 24.8 Å². The topological polar surface area (TPSA) is 236 Å². The van der Waals surface area contributed by atoms with E-state index in [0.29, 0.717) is 17.8 Å². The Kier molecular flexibility index (Phi) is 19.0. The average molecular weight is 845 g/mol. The number of hydrogen-bond acceptors (Lipinski definition) is 10. The third-order valence-corrected chi connectivity index (χ3v) is 11.4. The fourth-order valence-corrected chi connectivity index (χ4v) is 8.11. The van der Waals surface area contributed by atoms with Crippen LogP contribution in [-0.2, 0) is 45.8 Å². The highest BCUT2D eigenvalue weighted by Gasteiger charge is 2.36. The molecule has 0 bridgehead atoms. The summed E-state index contributed by atoms with van der Waals surface area (Å²) in [5.74, 6) is -3.59. The molecule has 1 aliphatic carbocycles. The second-order valence-corrected chi connectivity index (χ2v) is 18.1. The van der Waals surface area contributed by atoms with Crippen molar-refractivity contribution in [2.75, 3.05) is 13.2 Å². The predicted molar refractivity (Wildman–Crippen MR) is 221 cm³/mol. The van der Waals surface area contributed by atoms with Gasteiger partial charge >= 0.3 is 6.09 Å². The van der Waals surface area contributed by atoms with Crippen molar-refractivity contribution in [1.29, 1.82) is 0 Å². The SMILES string of the molecule is CCCC(NC(=O)[C@H](CC(C)C)NC(=O)[C@@H](NC(=O)OCC(C)C)C1CCCCC1)C(=O)C(=O)NCC(=O)NC(c1ccc(S(=O)(=O)NC(C)C)cc1)c1nccn1C. The van der Waals surface area contributed by atoms with Gasteiger partial charge < -0.3 is 35.9 Å². The highest BCUT2D eigenvalue weighted by Crippen LogP contribution is 2.27. The number of ketones is 1. The van der Waals surface area contributed by atoms with Crippen molar-refractivity contribution in [3.63, 3.8) is 0 Å². The Morgan fingerprint density at radius 3 is 2.05 bits per heavy atom. The van der Waals surface area contributed by atoms with Gasteiger partial charge in [0.25, 0.3) is 5.91 Å². The second-order valence-electron chi connectivity index (χ2n) is 16.3. The van der Waals surface area contributed by atoms with Crippen LogP contribution < -0.4 is 31.3 Å². The number of alkyl carbamates (subject to hydrolysis) is 1. The fourth-order valence-electron chi connectivity index (χ4n) is 6.86. The van der Waals surface area contributed by atoms with Crippen molar-refractivity contribution in [3.05, 3.63) is 48.0 Å². The number of aromatic nitrogens is 2. The van der Waals surface area contributed by atoms with Crippen LogP contribution in [0.1, 0.15) is 117 Å². The zero-order valence-corrected chi connectivity index (χ0v) is 36.4. The van der Waals surface area contributed by atoms with E-state index in [-0.39, 0.29) is 48.1 Å². The molecule has 3 rings (SSSR count). The zero-order chi connectivity index (χ0) is 43.9. The van der Waals surface area contributed by atoms with Crippen molar-refractivity contribution < 1.29 is 41.9 Å². The Morgan fingerprint density at radius 1 is 0.847 bits per heavy atom. The highest BCUT2D eigenvalue weighted by molar-refractivity contribution is 7.89. The van der Waals surface area contributed by atoms with E-state index in [9.17, 15) is 37.2 Å². The molecule has 1 fully saturated rings. The molecule has 0 radical (unpaired) electrons. The van der Waals surface area contributed by atoms with Crippen molar-refractivity contribution >= 4 is 45.5 Å². The van der Waals surface area contributed by atoms with Crippen LogP contribution in [0.4, 0.5) is 4.79 Å². The molecule has 17 nitrogen and oxygen atoms in total. The summed E-state index contributed by atoms with van der Waals surface area (Å²) in [5.41, 5.74) is 0.513. The lowest BCUT2D eigenvalue weighted by atomic mass is 9.83. The summed E-state index contributed by atoms with van der Waals surface area (Å²) in [4.78, 5) is 84.6. The lowest BCUT2D eigenvalue weighted by Crippen LogP contribution is -2.58. The third kappa shape index (κ3) is 15.4. The Hall–Kier alpha value is -4.84. The van der Waals surface area contributed by atoms with Gasteiger partial charge in [-0.1, -0.05) is 72.4 Å². The minimum atomic E-state index is -3.76. The number of Topliss-reactive ketones (excluding diaryl/α,β-unsaturated/α-hetero) is 1. The van der Waals surface area contributed by atoms with E-state index in [1.54, 1.807) is 50.7 Å². The molecule has 1 aromatic carbocycles. The summed E-state index contributed by atoms with van der Waals surface area (Å²) in [6, 6.07) is 1.52. The smallest absolute Gasteiger partial charge is 0.407 e. The number of nitrogens with one attached hydrogen (secondary N) is 6. The molecule has 1 aromatic heterocycles. The molecule has 328 valence electrons. The summed E-state index contributed by atoms with van der Waals surface area (Å²) in [6.45, 7) is 12.3. The Labute approximate surface area is 348 Å². The second kappa shape index (κ2) is 23.1. The van der Waals surface area contributed by atoms with Crippen LogP contribution in [0.3, 0.4) is 0 Å². The highest BCUT2D eigenvalue weighted by atomic mass is 32.2. The number of amides is 5. The third-order valence-electron chi connectivity index (χ3n) is 9.75. The van der Waals surface area contributed by atoms with E-state index >= 15 is 0 Å². The molecule has 59 heavy (non-hydrogen) atoms. The van der Waals surface area contributed by atoms with Crippen molar-refractivity contribution in [3.8, 4) is 0 Å². The number of hydrogen-bond donors (Lipinski definition) is 6. The van der Waals surface area contributed by atoms with Crippen LogP contribution >= 0.6 is 0 Å². The lowest BCUT2D eigenvalue weighted by Gasteiger charge is -2.31. The maximum atomic E-state index is 13.8. The number of nitrogens with zero attached hydrogens (tertiary/aromatic N) is 2. The van der Waals surface area contributed by atoms with Gasteiger partial charge in [-0.3, -0.25) is 24.0 Å². The largest absolute Gasteiger partial charge is 0.449 e. The summed E-state index contributed by atoms with van der Waals surface area (Å²) < 4.78 is 34.9. The molecule has 2 unspecified atom stereocenters. The van der Waals surface area contributed by atoms with E-state index in [2.05, 4.69) is 36.3 Å². The number of imidazole rings is 1. The molecule has 1 saturated carbocycles. The first-order chi connectivity index (χ1) is 27.8. The van der Waals surface area contributed by atoms with Crippen molar-refractivity contribution in [2.45, 2.75) is 135 Å². The van der Waals surface area contributed by atoms with Gasteiger partial charge in [0, 0.05) is 25.5 Å².